The highest BCUT2D eigenvalue weighted by Crippen LogP contribution is 2.34. The van der Waals surface area contributed by atoms with Crippen LogP contribution < -0.4 is 4.74 Å². The van der Waals surface area contributed by atoms with E-state index >= 15 is 0 Å². The maximum atomic E-state index is 9.78. The summed E-state index contributed by atoms with van der Waals surface area (Å²) in [6.07, 6.45) is 1.34. The smallest absolute Gasteiger partial charge is 0.120 e. The van der Waals surface area contributed by atoms with Crippen LogP contribution in [0.2, 0.25) is 10.0 Å². The van der Waals surface area contributed by atoms with Crippen LogP contribution >= 0.6 is 23.2 Å². The fourth-order valence-electron chi connectivity index (χ4n) is 2.49. The van der Waals surface area contributed by atoms with Crippen LogP contribution in [0.3, 0.4) is 0 Å². The predicted octanol–water partition coefficient (Wildman–Crippen LogP) is 4.55. The van der Waals surface area contributed by atoms with Crippen molar-refractivity contribution in [2.24, 2.45) is 0 Å². The number of fused-ring (bicyclic) bond motifs is 1. The van der Waals surface area contributed by atoms with Crippen LogP contribution in [0.5, 0.6) is 5.75 Å². The number of hydrogen-bond donors (Lipinski definition) is 1. The van der Waals surface area contributed by atoms with E-state index in [1.165, 1.54) is 0 Å². The third-order valence-electron chi connectivity index (χ3n) is 3.61. The zero-order valence-electron chi connectivity index (χ0n) is 10.8. The number of ether oxygens (including phenoxy) is 1. The summed E-state index contributed by atoms with van der Waals surface area (Å²) in [6, 6.07) is 11.2. The average Bonchev–Trinajstić information content (AvgIpc) is 2.79. The summed E-state index contributed by atoms with van der Waals surface area (Å²) in [5.74, 6) is 0.772. The Bertz CT molecular complexity index is 620. The topological polar surface area (TPSA) is 29.5 Å². The van der Waals surface area contributed by atoms with E-state index in [1.807, 2.05) is 24.3 Å². The molecule has 104 valence electrons. The molecule has 1 atom stereocenters. The standard InChI is InChI=1S/C16H14Cl2O2/c17-14-2-1-3-15(18)13(14)9-20-11-5-6-12-10(8-11)4-7-16(12)19/h1-3,5-6,8,16,19H,4,7,9H2. The van der Waals surface area contributed by atoms with Crippen molar-refractivity contribution in [3.63, 3.8) is 0 Å². The highest BCUT2D eigenvalue weighted by molar-refractivity contribution is 6.35. The highest BCUT2D eigenvalue weighted by atomic mass is 35.5. The van der Waals surface area contributed by atoms with Crippen molar-refractivity contribution in [3.8, 4) is 5.75 Å². The first-order valence-electron chi connectivity index (χ1n) is 6.52. The van der Waals surface area contributed by atoms with E-state index in [1.54, 1.807) is 12.1 Å². The van der Waals surface area contributed by atoms with Gasteiger partial charge in [-0.3, -0.25) is 0 Å². The maximum absolute atomic E-state index is 9.78. The Morgan fingerprint density at radius 1 is 1.15 bits per heavy atom. The SMILES string of the molecule is OC1CCc2cc(OCc3c(Cl)cccc3Cl)ccc21. The van der Waals surface area contributed by atoms with Crippen LogP contribution in [0.25, 0.3) is 0 Å². The van der Waals surface area contributed by atoms with E-state index in [0.29, 0.717) is 16.7 Å². The maximum Gasteiger partial charge on any atom is 0.120 e. The predicted molar refractivity (Wildman–Crippen MR) is 80.5 cm³/mol. The highest BCUT2D eigenvalue weighted by Gasteiger charge is 2.20. The summed E-state index contributed by atoms with van der Waals surface area (Å²) in [5.41, 5.74) is 2.95. The Labute approximate surface area is 127 Å². The van der Waals surface area contributed by atoms with Gasteiger partial charge in [-0.1, -0.05) is 35.3 Å². The lowest BCUT2D eigenvalue weighted by Crippen LogP contribution is -1.98. The van der Waals surface area contributed by atoms with Gasteiger partial charge in [0, 0.05) is 15.6 Å². The number of halogens is 2. The molecular weight excluding hydrogens is 295 g/mol. The van der Waals surface area contributed by atoms with Gasteiger partial charge in [-0.2, -0.15) is 0 Å². The average molecular weight is 309 g/mol. The summed E-state index contributed by atoms with van der Waals surface area (Å²) < 4.78 is 5.76. The van der Waals surface area contributed by atoms with E-state index in [4.69, 9.17) is 27.9 Å². The minimum atomic E-state index is -0.336. The number of aliphatic hydroxyl groups excluding tert-OH is 1. The molecule has 2 aromatic carbocycles. The van der Waals surface area contributed by atoms with Crippen molar-refractivity contribution in [3.05, 3.63) is 63.1 Å². The zero-order valence-corrected chi connectivity index (χ0v) is 12.3. The van der Waals surface area contributed by atoms with Crippen molar-refractivity contribution in [1.29, 1.82) is 0 Å². The molecular formula is C16H14Cl2O2. The molecule has 0 aliphatic heterocycles. The lowest BCUT2D eigenvalue weighted by atomic mass is 10.1. The van der Waals surface area contributed by atoms with Crippen molar-refractivity contribution in [1.82, 2.24) is 0 Å². The van der Waals surface area contributed by atoms with Gasteiger partial charge in [0.2, 0.25) is 0 Å². The van der Waals surface area contributed by atoms with Crippen molar-refractivity contribution < 1.29 is 9.84 Å². The fraction of sp³-hybridized carbons (Fsp3) is 0.250. The van der Waals surface area contributed by atoms with Gasteiger partial charge in [-0.15, -0.1) is 0 Å². The van der Waals surface area contributed by atoms with Gasteiger partial charge in [0.1, 0.15) is 12.4 Å². The molecule has 0 fully saturated rings. The largest absolute Gasteiger partial charge is 0.489 e. The molecule has 0 saturated heterocycles. The summed E-state index contributed by atoms with van der Waals surface area (Å²) >= 11 is 12.2. The Balaban J connectivity index is 1.76. The first-order chi connectivity index (χ1) is 9.65. The van der Waals surface area contributed by atoms with Crippen LogP contribution in [-0.4, -0.2) is 5.11 Å². The molecule has 0 radical (unpaired) electrons. The molecule has 1 unspecified atom stereocenters. The van der Waals surface area contributed by atoms with Gasteiger partial charge < -0.3 is 9.84 Å². The first-order valence-corrected chi connectivity index (χ1v) is 7.27. The second-order valence-electron chi connectivity index (χ2n) is 4.90. The Morgan fingerprint density at radius 2 is 1.90 bits per heavy atom. The van der Waals surface area contributed by atoms with Crippen LogP contribution in [-0.2, 0) is 13.0 Å². The molecule has 2 aromatic rings. The van der Waals surface area contributed by atoms with Crippen molar-refractivity contribution in [2.75, 3.05) is 0 Å². The molecule has 0 spiro atoms. The monoisotopic (exact) mass is 308 g/mol. The lowest BCUT2D eigenvalue weighted by molar-refractivity contribution is 0.180. The number of benzene rings is 2. The third kappa shape index (κ3) is 2.64. The number of hydrogen-bond acceptors (Lipinski definition) is 2. The van der Waals surface area contributed by atoms with Crippen molar-refractivity contribution in [2.45, 2.75) is 25.6 Å². The number of aliphatic hydroxyl groups is 1. The summed E-state index contributed by atoms with van der Waals surface area (Å²) in [6.45, 7) is 0.333. The van der Waals surface area contributed by atoms with E-state index in [0.717, 1.165) is 35.3 Å². The molecule has 0 saturated carbocycles. The van der Waals surface area contributed by atoms with Gasteiger partial charge >= 0.3 is 0 Å². The molecule has 0 bridgehead atoms. The van der Waals surface area contributed by atoms with E-state index in [9.17, 15) is 5.11 Å². The molecule has 3 rings (SSSR count). The van der Waals surface area contributed by atoms with Gasteiger partial charge in [0.15, 0.2) is 0 Å². The van der Waals surface area contributed by atoms with Crippen LogP contribution in [0.1, 0.15) is 29.2 Å². The van der Waals surface area contributed by atoms with E-state index in [-0.39, 0.29) is 6.10 Å². The van der Waals surface area contributed by atoms with Gasteiger partial charge in [0.25, 0.3) is 0 Å². The number of aryl methyl sites for hydroxylation is 1. The second-order valence-corrected chi connectivity index (χ2v) is 5.72. The van der Waals surface area contributed by atoms with Gasteiger partial charge in [-0.25, -0.2) is 0 Å². The fourth-order valence-corrected chi connectivity index (χ4v) is 2.99. The molecule has 1 N–H and O–H groups in total. The minimum absolute atomic E-state index is 0.333. The first kappa shape index (κ1) is 13.7. The van der Waals surface area contributed by atoms with E-state index < -0.39 is 0 Å². The quantitative estimate of drug-likeness (QED) is 0.901. The van der Waals surface area contributed by atoms with Crippen molar-refractivity contribution >= 4 is 23.2 Å². The Morgan fingerprint density at radius 3 is 2.65 bits per heavy atom. The molecule has 2 nitrogen and oxygen atoms in total. The Kier molecular flexibility index (Phi) is 3.88. The molecule has 1 aliphatic carbocycles. The van der Waals surface area contributed by atoms with Crippen LogP contribution in [0.4, 0.5) is 0 Å². The third-order valence-corrected chi connectivity index (χ3v) is 4.31. The van der Waals surface area contributed by atoms with E-state index in [2.05, 4.69) is 0 Å². The molecule has 20 heavy (non-hydrogen) atoms. The summed E-state index contributed by atoms with van der Waals surface area (Å²) in [4.78, 5) is 0. The van der Waals surface area contributed by atoms with Crippen LogP contribution in [0.15, 0.2) is 36.4 Å². The minimum Gasteiger partial charge on any atom is -0.489 e. The summed E-state index contributed by atoms with van der Waals surface area (Å²) in [5, 5.41) is 11.0. The zero-order chi connectivity index (χ0) is 14.1. The van der Waals surface area contributed by atoms with Gasteiger partial charge in [-0.05, 0) is 48.2 Å². The molecule has 0 aromatic heterocycles. The normalized spacial score (nSPS) is 17.1. The molecule has 4 heteroatoms. The summed E-state index contributed by atoms with van der Waals surface area (Å²) in [7, 11) is 0. The Hall–Kier alpha value is -1.22. The second kappa shape index (κ2) is 5.65. The lowest BCUT2D eigenvalue weighted by Gasteiger charge is -2.11. The van der Waals surface area contributed by atoms with Crippen LogP contribution in [0, 0.1) is 0 Å². The molecule has 0 heterocycles. The van der Waals surface area contributed by atoms with Gasteiger partial charge in [0.05, 0.1) is 6.10 Å². The molecule has 1 aliphatic rings. The molecule has 0 amide bonds. The number of rotatable bonds is 3.